The lowest BCUT2D eigenvalue weighted by molar-refractivity contribution is -0.123. The van der Waals surface area contributed by atoms with Crippen LogP contribution in [0.4, 0.5) is 5.69 Å². The van der Waals surface area contributed by atoms with Gasteiger partial charge in [-0.25, -0.2) is 0 Å². The van der Waals surface area contributed by atoms with Crippen molar-refractivity contribution in [3.63, 3.8) is 0 Å². The molecular weight excluding hydrogens is 236 g/mol. The van der Waals surface area contributed by atoms with Gasteiger partial charge >= 0.3 is 0 Å². The molecule has 0 radical (unpaired) electrons. The third-order valence-electron chi connectivity index (χ3n) is 4.69. The number of hydrogen-bond acceptors (Lipinski definition) is 2. The highest BCUT2D eigenvalue weighted by Crippen LogP contribution is 2.45. The van der Waals surface area contributed by atoms with Gasteiger partial charge in [-0.05, 0) is 45.2 Å². The van der Waals surface area contributed by atoms with Gasteiger partial charge in [-0.15, -0.1) is 0 Å². The van der Waals surface area contributed by atoms with E-state index in [2.05, 4.69) is 37.1 Å². The third kappa shape index (κ3) is 1.88. The van der Waals surface area contributed by atoms with Gasteiger partial charge in [0.15, 0.2) is 0 Å². The maximum Gasteiger partial charge on any atom is 0.235 e. The van der Waals surface area contributed by atoms with Crippen LogP contribution in [0.25, 0.3) is 0 Å². The Morgan fingerprint density at radius 2 is 1.79 bits per heavy atom. The normalized spacial score (nSPS) is 22.4. The highest BCUT2D eigenvalue weighted by atomic mass is 16.2. The zero-order valence-electron chi connectivity index (χ0n) is 12.0. The van der Waals surface area contributed by atoms with Crippen molar-refractivity contribution in [2.24, 2.45) is 0 Å². The molecule has 2 aliphatic heterocycles. The van der Waals surface area contributed by atoms with Crippen molar-refractivity contribution in [3.05, 3.63) is 29.8 Å². The van der Waals surface area contributed by atoms with Crippen molar-refractivity contribution in [1.82, 2.24) is 4.90 Å². The smallest absolute Gasteiger partial charge is 0.235 e. The SMILES string of the molecule is CC(C)(C)N1CCC2(CC1)C(=O)Nc1ccccc12. The van der Waals surface area contributed by atoms with Crippen LogP contribution >= 0.6 is 0 Å². The maximum atomic E-state index is 12.4. The number of anilines is 1. The third-order valence-corrected chi connectivity index (χ3v) is 4.69. The molecule has 1 N–H and O–H groups in total. The molecule has 1 amide bonds. The summed E-state index contributed by atoms with van der Waals surface area (Å²) in [6.45, 7) is 8.71. The van der Waals surface area contributed by atoms with Gasteiger partial charge in [0.1, 0.15) is 0 Å². The highest BCUT2D eigenvalue weighted by molar-refractivity contribution is 6.06. The first kappa shape index (κ1) is 12.7. The first-order valence-corrected chi connectivity index (χ1v) is 7.09. The zero-order valence-corrected chi connectivity index (χ0v) is 12.0. The first-order chi connectivity index (χ1) is 8.93. The number of benzene rings is 1. The summed E-state index contributed by atoms with van der Waals surface area (Å²) < 4.78 is 0. The summed E-state index contributed by atoms with van der Waals surface area (Å²) in [6.07, 6.45) is 1.85. The lowest BCUT2D eigenvalue weighted by Gasteiger charge is -2.44. The molecule has 0 unspecified atom stereocenters. The van der Waals surface area contributed by atoms with Crippen LogP contribution in [-0.2, 0) is 10.2 Å². The summed E-state index contributed by atoms with van der Waals surface area (Å²) >= 11 is 0. The second-order valence-electron chi connectivity index (χ2n) is 6.74. The molecule has 0 aromatic heterocycles. The Labute approximate surface area is 115 Å². The van der Waals surface area contributed by atoms with E-state index in [1.54, 1.807) is 0 Å². The number of piperidine rings is 1. The lowest BCUT2D eigenvalue weighted by Crippen LogP contribution is -2.52. The summed E-state index contributed by atoms with van der Waals surface area (Å²) in [5, 5.41) is 3.05. The van der Waals surface area contributed by atoms with Crippen LogP contribution in [0.3, 0.4) is 0 Å². The molecule has 1 saturated heterocycles. The molecule has 1 spiro atoms. The van der Waals surface area contributed by atoms with Crippen LogP contribution < -0.4 is 5.32 Å². The van der Waals surface area contributed by atoms with E-state index in [-0.39, 0.29) is 16.9 Å². The number of nitrogens with one attached hydrogen (secondary N) is 1. The molecule has 2 aliphatic rings. The van der Waals surface area contributed by atoms with Crippen LogP contribution in [0.2, 0.25) is 0 Å². The van der Waals surface area contributed by atoms with Gasteiger partial charge in [-0.2, -0.15) is 0 Å². The molecule has 2 heterocycles. The fourth-order valence-corrected chi connectivity index (χ4v) is 3.43. The van der Waals surface area contributed by atoms with Crippen LogP contribution in [0.15, 0.2) is 24.3 Å². The Balaban J connectivity index is 1.89. The fourth-order valence-electron chi connectivity index (χ4n) is 3.43. The average Bonchev–Trinajstić information content (AvgIpc) is 2.63. The largest absolute Gasteiger partial charge is 0.325 e. The Kier molecular flexibility index (Phi) is 2.72. The summed E-state index contributed by atoms with van der Waals surface area (Å²) in [7, 11) is 0. The van der Waals surface area contributed by atoms with Crippen molar-refractivity contribution in [3.8, 4) is 0 Å². The molecule has 19 heavy (non-hydrogen) atoms. The number of para-hydroxylation sites is 1. The minimum Gasteiger partial charge on any atom is -0.325 e. The van der Waals surface area contributed by atoms with Crippen molar-refractivity contribution in [2.75, 3.05) is 18.4 Å². The molecule has 0 bridgehead atoms. The van der Waals surface area contributed by atoms with Crippen molar-refractivity contribution < 1.29 is 4.79 Å². The van der Waals surface area contributed by atoms with Gasteiger partial charge in [0.25, 0.3) is 0 Å². The van der Waals surface area contributed by atoms with Crippen molar-refractivity contribution >= 4 is 11.6 Å². The standard InChI is InChI=1S/C16H22N2O/c1-15(2,3)18-10-8-16(9-11-18)12-6-4-5-7-13(12)17-14(16)19/h4-7H,8-11H2,1-3H3,(H,17,19). The summed E-state index contributed by atoms with van der Waals surface area (Å²) in [5.74, 6) is 0.197. The lowest BCUT2D eigenvalue weighted by atomic mass is 9.73. The van der Waals surface area contributed by atoms with E-state index in [0.717, 1.165) is 31.6 Å². The second kappa shape index (κ2) is 4.07. The maximum absolute atomic E-state index is 12.4. The molecule has 3 nitrogen and oxygen atoms in total. The predicted octanol–water partition coefficient (Wildman–Crippen LogP) is 2.77. The minimum atomic E-state index is -0.279. The molecule has 0 aliphatic carbocycles. The Hall–Kier alpha value is -1.35. The summed E-state index contributed by atoms with van der Waals surface area (Å²) in [5.41, 5.74) is 2.12. The van der Waals surface area contributed by atoms with Gasteiger partial charge < -0.3 is 5.32 Å². The topological polar surface area (TPSA) is 32.3 Å². The number of carbonyl (C=O) groups is 1. The average molecular weight is 258 g/mol. The van der Waals surface area contributed by atoms with Gasteiger partial charge in [-0.1, -0.05) is 18.2 Å². The van der Waals surface area contributed by atoms with E-state index in [0.29, 0.717) is 0 Å². The Morgan fingerprint density at radius 1 is 1.16 bits per heavy atom. The number of carbonyl (C=O) groups excluding carboxylic acids is 1. The van der Waals surface area contributed by atoms with Crippen LogP contribution in [0.5, 0.6) is 0 Å². The first-order valence-electron chi connectivity index (χ1n) is 7.09. The van der Waals surface area contributed by atoms with E-state index < -0.39 is 0 Å². The van der Waals surface area contributed by atoms with Crippen LogP contribution in [0, 0.1) is 0 Å². The van der Waals surface area contributed by atoms with Gasteiger partial charge in [0, 0.05) is 24.3 Å². The molecule has 0 atom stereocenters. The number of hydrogen-bond donors (Lipinski definition) is 1. The molecule has 0 saturated carbocycles. The molecule has 1 aromatic rings. The molecule has 102 valence electrons. The van der Waals surface area contributed by atoms with Gasteiger partial charge in [-0.3, -0.25) is 9.69 Å². The van der Waals surface area contributed by atoms with E-state index in [1.807, 2.05) is 18.2 Å². The van der Waals surface area contributed by atoms with E-state index in [1.165, 1.54) is 5.56 Å². The number of likely N-dealkylation sites (tertiary alicyclic amines) is 1. The summed E-state index contributed by atoms with van der Waals surface area (Å²) in [6, 6.07) is 8.15. The minimum absolute atomic E-state index is 0.191. The highest BCUT2D eigenvalue weighted by Gasteiger charge is 2.49. The second-order valence-corrected chi connectivity index (χ2v) is 6.74. The van der Waals surface area contributed by atoms with Crippen LogP contribution in [-0.4, -0.2) is 29.4 Å². The zero-order chi connectivity index (χ0) is 13.7. The number of nitrogens with zero attached hydrogens (tertiary/aromatic N) is 1. The number of rotatable bonds is 0. The molecule has 1 fully saturated rings. The van der Waals surface area contributed by atoms with Gasteiger partial charge in [0.2, 0.25) is 5.91 Å². The molecule has 3 heteroatoms. The molecule has 1 aromatic carbocycles. The van der Waals surface area contributed by atoms with Crippen LogP contribution in [0.1, 0.15) is 39.2 Å². The Bertz CT molecular complexity index is 508. The fraction of sp³-hybridized carbons (Fsp3) is 0.562. The monoisotopic (exact) mass is 258 g/mol. The van der Waals surface area contributed by atoms with E-state index in [4.69, 9.17) is 0 Å². The van der Waals surface area contributed by atoms with Crippen molar-refractivity contribution in [2.45, 2.75) is 44.6 Å². The summed E-state index contributed by atoms with van der Waals surface area (Å²) in [4.78, 5) is 14.9. The van der Waals surface area contributed by atoms with E-state index in [9.17, 15) is 4.79 Å². The predicted molar refractivity (Wildman–Crippen MR) is 77.3 cm³/mol. The number of fused-ring (bicyclic) bond motifs is 2. The van der Waals surface area contributed by atoms with Crippen molar-refractivity contribution in [1.29, 1.82) is 0 Å². The van der Waals surface area contributed by atoms with E-state index >= 15 is 0 Å². The molecule has 3 rings (SSSR count). The molecular formula is C16H22N2O. The Morgan fingerprint density at radius 3 is 2.42 bits per heavy atom. The van der Waals surface area contributed by atoms with Gasteiger partial charge in [0.05, 0.1) is 5.41 Å². The quantitative estimate of drug-likeness (QED) is 0.776. The number of amides is 1.